The summed E-state index contributed by atoms with van der Waals surface area (Å²) in [7, 11) is 0. The summed E-state index contributed by atoms with van der Waals surface area (Å²) in [6.45, 7) is 4.36. The lowest BCUT2D eigenvalue weighted by molar-refractivity contribution is 0.0131. The lowest BCUT2D eigenvalue weighted by atomic mass is 10.1. The molecule has 0 spiro atoms. The highest BCUT2D eigenvalue weighted by Gasteiger charge is 2.23. The van der Waals surface area contributed by atoms with E-state index in [0.29, 0.717) is 22.0 Å². The average molecular weight is 409 g/mol. The van der Waals surface area contributed by atoms with E-state index >= 15 is 0 Å². The number of ether oxygens (including phenoxy) is 2. The normalized spacial score (nSPS) is 22.0. The summed E-state index contributed by atoms with van der Waals surface area (Å²) < 4.78 is 25.7. The molecule has 1 unspecified atom stereocenters. The summed E-state index contributed by atoms with van der Waals surface area (Å²) in [5.41, 5.74) is 0.692. The van der Waals surface area contributed by atoms with Gasteiger partial charge < -0.3 is 14.4 Å². The highest BCUT2D eigenvalue weighted by atomic mass is 79.9. The van der Waals surface area contributed by atoms with Gasteiger partial charge in [0, 0.05) is 37.1 Å². The number of benzene rings is 1. The van der Waals surface area contributed by atoms with Crippen molar-refractivity contribution in [3.63, 3.8) is 0 Å². The van der Waals surface area contributed by atoms with Gasteiger partial charge in [-0.2, -0.15) is 0 Å². The summed E-state index contributed by atoms with van der Waals surface area (Å²) in [5.74, 6) is 1.20. The first-order valence-electron chi connectivity index (χ1n) is 8.89. The largest absolute Gasteiger partial charge is 0.381 e. The van der Waals surface area contributed by atoms with Crippen molar-refractivity contribution in [1.29, 1.82) is 0 Å². The summed E-state index contributed by atoms with van der Waals surface area (Å²) in [6, 6.07) is 7.28. The van der Waals surface area contributed by atoms with E-state index in [-0.39, 0.29) is 5.82 Å². The van der Waals surface area contributed by atoms with Crippen molar-refractivity contribution in [2.45, 2.75) is 25.4 Å². The maximum Gasteiger partial charge on any atom is 0.139 e. The first kappa shape index (κ1) is 17.2. The van der Waals surface area contributed by atoms with Gasteiger partial charge in [-0.1, -0.05) is 0 Å². The first-order chi connectivity index (χ1) is 12.2. The van der Waals surface area contributed by atoms with Crippen LogP contribution < -0.4 is 4.90 Å². The van der Waals surface area contributed by atoms with Crippen LogP contribution in [-0.2, 0) is 9.47 Å². The van der Waals surface area contributed by atoms with Crippen LogP contribution in [0.15, 0.2) is 28.7 Å². The molecule has 1 aromatic carbocycles. The molecule has 2 saturated heterocycles. The summed E-state index contributed by atoms with van der Waals surface area (Å²) >= 11 is 3.22. The number of nitrogens with zero attached hydrogens (tertiary/aromatic N) is 2. The highest BCUT2D eigenvalue weighted by molar-refractivity contribution is 9.10. The second kappa shape index (κ2) is 7.56. The van der Waals surface area contributed by atoms with E-state index in [4.69, 9.17) is 9.47 Å². The molecule has 1 atom stereocenters. The second-order valence-electron chi connectivity index (χ2n) is 6.88. The Morgan fingerprint density at radius 3 is 2.84 bits per heavy atom. The third-order valence-corrected chi connectivity index (χ3v) is 5.68. The fraction of sp³-hybridized carbons (Fsp3) is 0.526. The van der Waals surface area contributed by atoms with E-state index in [0.717, 1.165) is 63.4 Å². The molecule has 2 fully saturated rings. The number of anilines is 1. The van der Waals surface area contributed by atoms with Crippen LogP contribution in [-0.4, -0.2) is 44.0 Å². The summed E-state index contributed by atoms with van der Waals surface area (Å²) in [4.78, 5) is 6.90. The van der Waals surface area contributed by atoms with E-state index in [1.807, 2.05) is 12.1 Å². The fourth-order valence-corrected chi connectivity index (χ4v) is 3.88. The first-order valence-corrected chi connectivity index (χ1v) is 9.68. The predicted octanol–water partition coefficient (Wildman–Crippen LogP) is 4.16. The predicted molar refractivity (Wildman–Crippen MR) is 99.5 cm³/mol. The van der Waals surface area contributed by atoms with E-state index in [2.05, 4.69) is 25.8 Å². The van der Waals surface area contributed by atoms with Crippen LogP contribution in [0.1, 0.15) is 19.3 Å². The van der Waals surface area contributed by atoms with E-state index in [1.165, 1.54) is 6.07 Å². The van der Waals surface area contributed by atoms with Gasteiger partial charge in [0.25, 0.3) is 0 Å². The van der Waals surface area contributed by atoms with Crippen molar-refractivity contribution >= 4 is 32.7 Å². The number of rotatable bonds is 4. The molecular weight excluding hydrogens is 387 g/mol. The van der Waals surface area contributed by atoms with E-state index in [1.54, 1.807) is 6.07 Å². The number of hydrogen-bond donors (Lipinski definition) is 0. The Morgan fingerprint density at radius 1 is 1.24 bits per heavy atom. The molecule has 2 aromatic rings. The van der Waals surface area contributed by atoms with Crippen LogP contribution >= 0.6 is 15.9 Å². The van der Waals surface area contributed by atoms with Gasteiger partial charge in [-0.25, -0.2) is 9.37 Å². The molecule has 0 bridgehead atoms. The minimum Gasteiger partial charge on any atom is -0.381 e. The van der Waals surface area contributed by atoms with Crippen LogP contribution in [0, 0.1) is 11.7 Å². The molecule has 0 aliphatic carbocycles. The lowest BCUT2D eigenvalue weighted by Gasteiger charge is -2.33. The molecule has 4 nitrogen and oxygen atoms in total. The molecule has 25 heavy (non-hydrogen) atoms. The van der Waals surface area contributed by atoms with Gasteiger partial charge >= 0.3 is 0 Å². The summed E-state index contributed by atoms with van der Waals surface area (Å²) in [6.07, 6.45) is 3.45. The number of halogens is 2. The van der Waals surface area contributed by atoms with Crippen molar-refractivity contribution in [3.8, 4) is 0 Å². The molecule has 1 aromatic heterocycles. The third kappa shape index (κ3) is 3.96. The van der Waals surface area contributed by atoms with Crippen LogP contribution in [0.4, 0.5) is 10.2 Å². The molecule has 0 radical (unpaired) electrons. The Kier molecular flexibility index (Phi) is 5.20. The summed E-state index contributed by atoms with van der Waals surface area (Å²) in [5, 5.41) is 0.939. The maximum absolute atomic E-state index is 13.8. The molecule has 2 aliphatic rings. The van der Waals surface area contributed by atoms with Crippen LogP contribution in [0.5, 0.6) is 0 Å². The Bertz CT molecular complexity index is 744. The SMILES string of the molecule is Fc1cc2nc(N3CCC(OCC4CCOC4)CC3)ccc2cc1Br. The topological polar surface area (TPSA) is 34.6 Å². The number of hydrogen-bond acceptors (Lipinski definition) is 4. The van der Waals surface area contributed by atoms with Gasteiger partial charge in [-0.3, -0.25) is 0 Å². The number of fused-ring (bicyclic) bond motifs is 1. The fourth-order valence-electron chi connectivity index (χ4n) is 3.52. The van der Waals surface area contributed by atoms with Crippen molar-refractivity contribution in [2.75, 3.05) is 37.8 Å². The van der Waals surface area contributed by atoms with E-state index < -0.39 is 0 Å². The van der Waals surface area contributed by atoms with Gasteiger partial charge in [-0.15, -0.1) is 0 Å². The zero-order chi connectivity index (χ0) is 17.2. The molecule has 0 saturated carbocycles. The Morgan fingerprint density at radius 2 is 2.08 bits per heavy atom. The molecule has 4 rings (SSSR count). The van der Waals surface area contributed by atoms with Crippen LogP contribution in [0.2, 0.25) is 0 Å². The molecule has 134 valence electrons. The van der Waals surface area contributed by atoms with Crippen molar-refractivity contribution in [3.05, 3.63) is 34.6 Å². The standard InChI is InChI=1S/C19H22BrFN2O2/c20-16-9-14-1-2-19(22-18(14)10-17(16)21)23-6-3-15(4-7-23)25-12-13-5-8-24-11-13/h1-2,9-10,13,15H,3-8,11-12H2. The smallest absolute Gasteiger partial charge is 0.139 e. The maximum atomic E-state index is 13.8. The minimum absolute atomic E-state index is 0.278. The van der Waals surface area contributed by atoms with Crippen molar-refractivity contribution in [2.24, 2.45) is 5.92 Å². The molecule has 2 aliphatic heterocycles. The molecular formula is C19H22BrFN2O2. The quantitative estimate of drug-likeness (QED) is 0.760. The molecule has 3 heterocycles. The number of piperidine rings is 1. The van der Waals surface area contributed by atoms with Gasteiger partial charge in [0.2, 0.25) is 0 Å². The van der Waals surface area contributed by atoms with E-state index in [9.17, 15) is 4.39 Å². The van der Waals surface area contributed by atoms with Gasteiger partial charge in [0.15, 0.2) is 0 Å². The van der Waals surface area contributed by atoms with Crippen LogP contribution in [0.3, 0.4) is 0 Å². The number of pyridine rings is 1. The van der Waals surface area contributed by atoms with Crippen molar-refractivity contribution in [1.82, 2.24) is 4.98 Å². The van der Waals surface area contributed by atoms with Gasteiger partial charge in [-0.05, 0) is 53.4 Å². The second-order valence-corrected chi connectivity index (χ2v) is 7.73. The highest BCUT2D eigenvalue weighted by Crippen LogP contribution is 2.26. The monoisotopic (exact) mass is 408 g/mol. The zero-order valence-electron chi connectivity index (χ0n) is 14.1. The lowest BCUT2D eigenvalue weighted by Crippen LogP contribution is -2.38. The Labute approximate surface area is 155 Å². The van der Waals surface area contributed by atoms with Crippen molar-refractivity contribution < 1.29 is 13.9 Å². The minimum atomic E-state index is -0.278. The van der Waals surface area contributed by atoms with Gasteiger partial charge in [0.05, 0.1) is 29.3 Å². The zero-order valence-corrected chi connectivity index (χ0v) is 15.7. The Hall–Kier alpha value is -1.24. The van der Waals surface area contributed by atoms with Crippen LogP contribution in [0.25, 0.3) is 10.9 Å². The number of aromatic nitrogens is 1. The average Bonchev–Trinajstić information content (AvgIpc) is 3.15. The molecule has 0 N–H and O–H groups in total. The molecule has 6 heteroatoms. The van der Waals surface area contributed by atoms with Gasteiger partial charge in [0.1, 0.15) is 11.6 Å². The third-order valence-electron chi connectivity index (χ3n) is 5.07. The molecule has 0 amide bonds. The Balaban J connectivity index is 1.37.